The zero-order valence-electron chi connectivity index (χ0n) is 14.3. The lowest BCUT2D eigenvalue weighted by atomic mass is 10.0. The van der Waals surface area contributed by atoms with Gasteiger partial charge in [0.05, 0.1) is 12.9 Å². The van der Waals surface area contributed by atoms with Crippen molar-refractivity contribution in [1.29, 1.82) is 0 Å². The van der Waals surface area contributed by atoms with Gasteiger partial charge in [-0.05, 0) is 23.7 Å². The Morgan fingerprint density at radius 1 is 1.22 bits per heavy atom. The summed E-state index contributed by atoms with van der Waals surface area (Å²) in [5.74, 6) is -1.10. The number of rotatable bonds is 5. The van der Waals surface area contributed by atoms with Crippen molar-refractivity contribution in [3.63, 3.8) is 0 Å². The van der Waals surface area contributed by atoms with E-state index in [1.807, 2.05) is 30.3 Å². The molecule has 0 spiro atoms. The standard InChI is InChI=1S/C18H24O4Si/c1-18(2,3)23(4,5)22-12-14-11-21-16(17(19)20)15(14)13-9-7-6-8-10-13/h6-11H,12H2,1-5H3,(H,19,20). The van der Waals surface area contributed by atoms with Gasteiger partial charge in [-0.3, -0.25) is 0 Å². The number of hydrogen-bond donors (Lipinski definition) is 1. The third-order valence-corrected chi connectivity index (χ3v) is 9.00. The Labute approximate surface area is 138 Å². The molecule has 0 saturated heterocycles. The van der Waals surface area contributed by atoms with E-state index in [2.05, 4.69) is 33.9 Å². The molecule has 0 saturated carbocycles. The van der Waals surface area contributed by atoms with Crippen LogP contribution in [0, 0.1) is 0 Å². The van der Waals surface area contributed by atoms with Gasteiger partial charge in [0.1, 0.15) is 0 Å². The van der Waals surface area contributed by atoms with E-state index in [0.717, 1.165) is 11.1 Å². The molecule has 2 aromatic rings. The maximum atomic E-state index is 11.4. The maximum absolute atomic E-state index is 11.4. The quantitative estimate of drug-likeness (QED) is 0.768. The number of aromatic carboxylic acids is 1. The highest BCUT2D eigenvalue weighted by Crippen LogP contribution is 2.38. The molecule has 1 aromatic heterocycles. The highest BCUT2D eigenvalue weighted by molar-refractivity contribution is 6.74. The summed E-state index contributed by atoms with van der Waals surface area (Å²) in [7, 11) is -1.92. The molecule has 0 aliphatic heterocycles. The Morgan fingerprint density at radius 3 is 2.35 bits per heavy atom. The average Bonchev–Trinajstić information content (AvgIpc) is 2.89. The lowest BCUT2D eigenvalue weighted by Crippen LogP contribution is -2.40. The Bertz CT molecular complexity index is 681. The summed E-state index contributed by atoms with van der Waals surface area (Å²) < 4.78 is 11.5. The molecular weight excluding hydrogens is 308 g/mol. The first kappa shape index (κ1) is 17.5. The topological polar surface area (TPSA) is 59.7 Å². The largest absolute Gasteiger partial charge is 0.475 e. The summed E-state index contributed by atoms with van der Waals surface area (Å²) >= 11 is 0. The summed E-state index contributed by atoms with van der Waals surface area (Å²) in [4.78, 5) is 11.4. The Morgan fingerprint density at radius 2 is 1.83 bits per heavy atom. The Balaban J connectivity index is 2.36. The normalized spacial score (nSPS) is 12.4. The van der Waals surface area contributed by atoms with Gasteiger partial charge in [-0.15, -0.1) is 0 Å². The monoisotopic (exact) mass is 332 g/mol. The maximum Gasteiger partial charge on any atom is 0.372 e. The summed E-state index contributed by atoms with van der Waals surface area (Å²) in [5, 5.41) is 9.47. The number of furan rings is 1. The van der Waals surface area contributed by atoms with E-state index >= 15 is 0 Å². The van der Waals surface area contributed by atoms with E-state index in [0.29, 0.717) is 12.2 Å². The van der Waals surface area contributed by atoms with Gasteiger partial charge in [-0.1, -0.05) is 51.1 Å². The summed E-state index contributed by atoms with van der Waals surface area (Å²) in [6.45, 7) is 11.2. The van der Waals surface area contributed by atoms with Crippen molar-refractivity contribution in [2.24, 2.45) is 0 Å². The summed E-state index contributed by atoms with van der Waals surface area (Å²) in [6, 6.07) is 9.43. The van der Waals surface area contributed by atoms with E-state index < -0.39 is 14.3 Å². The minimum atomic E-state index is -1.92. The van der Waals surface area contributed by atoms with Gasteiger partial charge in [0.15, 0.2) is 8.32 Å². The van der Waals surface area contributed by atoms with E-state index in [-0.39, 0.29) is 10.8 Å². The molecule has 1 aromatic carbocycles. The van der Waals surface area contributed by atoms with Crippen molar-refractivity contribution in [2.75, 3.05) is 0 Å². The van der Waals surface area contributed by atoms with Gasteiger partial charge in [0.2, 0.25) is 5.76 Å². The fourth-order valence-electron chi connectivity index (χ4n) is 2.05. The van der Waals surface area contributed by atoms with Crippen molar-refractivity contribution < 1.29 is 18.7 Å². The highest BCUT2D eigenvalue weighted by atomic mass is 28.4. The third kappa shape index (κ3) is 3.73. The molecule has 124 valence electrons. The molecule has 0 fully saturated rings. The number of carboxylic acids is 1. The van der Waals surface area contributed by atoms with Gasteiger partial charge < -0.3 is 13.9 Å². The molecule has 2 rings (SSSR count). The molecule has 4 nitrogen and oxygen atoms in total. The highest BCUT2D eigenvalue weighted by Gasteiger charge is 2.37. The predicted molar refractivity (Wildman–Crippen MR) is 93.1 cm³/mol. The zero-order valence-corrected chi connectivity index (χ0v) is 15.3. The van der Waals surface area contributed by atoms with Crippen molar-refractivity contribution in [2.45, 2.75) is 45.5 Å². The van der Waals surface area contributed by atoms with E-state index in [4.69, 9.17) is 8.84 Å². The van der Waals surface area contributed by atoms with Crippen LogP contribution in [0.2, 0.25) is 18.1 Å². The van der Waals surface area contributed by atoms with Gasteiger partial charge in [0, 0.05) is 11.1 Å². The molecule has 1 heterocycles. The van der Waals surface area contributed by atoms with E-state index in [1.54, 1.807) is 0 Å². The van der Waals surface area contributed by atoms with Crippen LogP contribution < -0.4 is 0 Å². The van der Waals surface area contributed by atoms with Crippen LogP contribution in [0.1, 0.15) is 36.9 Å². The number of benzene rings is 1. The molecule has 0 amide bonds. The lowest BCUT2D eigenvalue weighted by molar-refractivity contribution is 0.0663. The number of hydrogen-bond acceptors (Lipinski definition) is 3. The van der Waals surface area contributed by atoms with Crippen LogP contribution in [-0.2, 0) is 11.0 Å². The SMILES string of the molecule is CC(C)(C)[Si](C)(C)OCc1coc(C(=O)O)c1-c1ccccc1. The predicted octanol–water partition coefficient (Wildman–Crippen LogP) is 5.17. The van der Waals surface area contributed by atoms with Crippen molar-refractivity contribution in [3.05, 3.63) is 47.9 Å². The molecule has 0 unspecified atom stereocenters. The molecule has 23 heavy (non-hydrogen) atoms. The molecule has 0 aliphatic rings. The van der Waals surface area contributed by atoms with Crippen LogP contribution in [0.4, 0.5) is 0 Å². The number of carboxylic acid groups (broad SMARTS) is 1. The second kappa shape index (κ2) is 6.33. The second-order valence-corrected chi connectivity index (χ2v) is 12.0. The Hall–Kier alpha value is -1.85. The van der Waals surface area contributed by atoms with E-state index in [9.17, 15) is 9.90 Å². The summed E-state index contributed by atoms with van der Waals surface area (Å²) in [5.41, 5.74) is 2.21. The van der Waals surface area contributed by atoms with Crippen LogP contribution in [0.5, 0.6) is 0 Å². The van der Waals surface area contributed by atoms with Crippen molar-refractivity contribution in [1.82, 2.24) is 0 Å². The summed E-state index contributed by atoms with van der Waals surface area (Å²) in [6.07, 6.45) is 1.50. The molecule has 5 heteroatoms. The smallest absolute Gasteiger partial charge is 0.372 e. The van der Waals surface area contributed by atoms with Gasteiger partial charge >= 0.3 is 5.97 Å². The van der Waals surface area contributed by atoms with Crippen molar-refractivity contribution >= 4 is 14.3 Å². The van der Waals surface area contributed by atoms with Gasteiger partial charge in [0.25, 0.3) is 0 Å². The van der Waals surface area contributed by atoms with E-state index in [1.165, 1.54) is 6.26 Å². The molecule has 1 N–H and O–H groups in total. The molecule has 0 aliphatic carbocycles. The van der Waals surface area contributed by atoms with Crippen LogP contribution >= 0.6 is 0 Å². The molecular formula is C18H24O4Si. The molecule has 0 atom stereocenters. The van der Waals surface area contributed by atoms with Crippen LogP contribution in [-0.4, -0.2) is 19.4 Å². The first-order chi connectivity index (χ1) is 10.6. The first-order valence-electron chi connectivity index (χ1n) is 7.66. The van der Waals surface area contributed by atoms with Crippen LogP contribution in [0.15, 0.2) is 41.0 Å². The Kier molecular flexibility index (Phi) is 4.82. The van der Waals surface area contributed by atoms with Crippen LogP contribution in [0.3, 0.4) is 0 Å². The minimum Gasteiger partial charge on any atom is -0.475 e. The molecule has 0 bridgehead atoms. The average molecular weight is 332 g/mol. The number of carbonyl (C=O) groups is 1. The fourth-order valence-corrected chi connectivity index (χ4v) is 3.00. The zero-order chi connectivity index (χ0) is 17.3. The third-order valence-electron chi connectivity index (χ3n) is 4.52. The fraction of sp³-hybridized carbons (Fsp3) is 0.389. The van der Waals surface area contributed by atoms with Crippen LogP contribution in [0.25, 0.3) is 11.1 Å². The minimum absolute atomic E-state index is 0.0370. The second-order valence-electron chi connectivity index (χ2n) is 7.19. The van der Waals surface area contributed by atoms with Gasteiger partial charge in [-0.25, -0.2) is 4.79 Å². The van der Waals surface area contributed by atoms with Gasteiger partial charge in [-0.2, -0.15) is 0 Å². The lowest BCUT2D eigenvalue weighted by Gasteiger charge is -2.36. The molecule has 0 radical (unpaired) electrons. The van der Waals surface area contributed by atoms with Crippen molar-refractivity contribution in [3.8, 4) is 11.1 Å². The first-order valence-corrected chi connectivity index (χ1v) is 10.6.